The van der Waals surface area contributed by atoms with Crippen LogP contribution in [0, 0.1) is 5.82 Å². The monoisotopic (exact) mass is 338 g/mol. The van der Waals surface area contributed by atoms with Crippen LogP contribution in [0.1, 0.15) is 10.4 Å². The molecule has 5 heteroatoms. The van der Waals surface area contributed by atoms with Gasteiger partial charge in [0, 0.05) is 11.6 Å². The number of ketones is 1. The number of Topliss-reactive ketones (excluding diaryl/α,β-unsaturated/α-hetero) is 1. The molecule has 2 aromatic carbocycles. The molecule has 0 saturated carbocycles. The molecule has 0 atom stereocenters. The molecule has 0 aliphatic heterocycles. The Morgan fingerprint density at radius 2 is 1.90 bits per heavy atom. The summed E-state index contributed by atoms with van der Waals surface area (Å²) in [4.78, 5) is 11.9. The molecule has 0 heterocycles. The minimum atomic E-state index is -0.417. The maximum Gasteiger partial charge on any atom is 0.200 e. The van der Waals surface area contributed by atoms with Crippen molar-refractivity contribution in [1.29, 1.82) is 0 Å². The first-order valence-corrected chi connectivity index (χ1v) is 6.64. The molecule has 0 spiro atoms. The van der Waals surface area contributed by atoms with E-state index < -0.39 is 5.82 Å². The van der Waals surface area contributed by atoms with Gasteiger partial charge in [-0.15, -0.1) is 0 Å². The molecular formula is C15H12BrFO3. The summed E-state index contributed by atoms with van der Waals surface area (Å²) in [5.41, 5.74) is 0.512. The molecule has 0 amide bonds. The number of carbonyl (C=O) groups is 1. The Morgan fingerprint density at radius 3 is 2.55 bits per heavy atom. The van der Waals surface area contributed by atoms with Crippen molar-refractivity contribution in [2.24, 2.45) is 0 Å². The van der Waals surface area contributed by atoms with Gasteiger partial charge in [-0.3, -0.25) is 4.79 Å². The summed E-state index contributed by atoms with van der Waals surface area (Å²) < 4.78 is 24.0. The number of carbonyl (C=O) groups excluding carboxylic acids is 1. The van der Waals surface area contributed by atoms with Crippen molar-refractivity contribution in [2.75, 3.05) is 13.7 Å². The first kappa shape index (κ1) is 14.5. The molecule has 3 nitrogen and oxygen atoms in total. The lowest BCUT2D eigenvalue weighted by Gasteiger charge is -2.08. The van der Waals surface area contributed by atoms with E-state index in [-0.39, 0.29) is 12.4 Å². The average Bonchev–Trinajstić information content (AvgIpc) is 2.48. The summed E-state index contributed by atoms with van der Waals surface area (Å²) in [6, 6.07) is 10.8. The predicted molar refractivity (Wildman–Crippen MR) is 76.9 cm³/mol. The Balaban J connectivity index is 2.02. The van der Waals surface area contributed by atoms with Gasteiger partial charge >= 0.3 is 0 Å². The highest BCUT2D eigenvalue weighted by Crippen LogP contribution is 2.25. The molecule has 0 aliphatic carbocycles. The molecule has 20 heavy (non-hydrogen) atoms. The Labute approximate surface area is 124 Å². The molecule has 0 N–H and O–H groups in total. The molecule has 0 bridgehead atoms. The van der Waals surface area contributed by atoms with E-state index >= 15 is 0 Å². The summed E-state index contributed by atoms with van der Waals surface area (Å²) in [6.45, 7) is -0.158. The highest BCUT2D eigenvalue weighted by molar-refractivity contribution is 9.10. The van der Waals surface area contributed by atoms with Gasteiger partial charge in [0.15, 0.2) is 12.4 Å². The van der Waals surface area contributed by atoms with Crippen LogP contribution in [0.3, 0.4) is 0 Å². The fraction of sp³-hybridized carbons (Fsp3) is 0.133. The third-order valence-corrected chi connectivity index (χ3v) is 3.32. The van der Waals surface area contributed by atoms with Crippen molar-refractivity contribution in [3.63, 3.8) is 0 Å². The second-order valence-electron chi connectivity index (χ2n) is 4.02. The summed E-state index contributed by atoms with van der Waals surface area (Å²) in [5, 5.41) is 0. The van der Waals surface area contributed by atoms with Crippen LogP contribution < -0.4 is 9.47 Å². The van der Waals surface area contributed by atoms with Gasteiger partial charge < -0.3 is 9.47 Å². The highest BCUT2D eigenvalue weighted by atomic mass is 79.9. The largest absolute Gasteiger partial charge is 0.497 e. The van der Waals surface area contributed by atoms with Crippen LogP contribution >= 0.6 is 15.9 Å². The molecule has 0 saturated heterocycles. The zero-order chi connectivity index (χ0) is 14.5. The van der Waals surface area contributed by atoms with Crippen molar-refractivity contribution in [1.82, 2.24) is 0 Å². The van der Waals surface area contributed by atoms with Gasteiger partial charge in [-0.1, -0.05) is 0 Å². The second kappa shape index (κ2) is 6.52. The van der Waals surface area contributed by atoms with E-state index in [1.165, 1.54) is 18.2 Å². The molecule has 0 unspecified atom stereocenters. The zero-order valence-electron chi connectivity index (χ0n) is 10.7. The minimum Gasteiger partial charge on any atom is -0.497 e. The fourth-order valence-corrected chi connectivity index (χ4v) is 1.95. The maximum atomic E-state index is 13.1. The highest BCUT2D eigenvalue weighted by Gasteiger charge is 2.09. The topological polar surface area (TPSA) is 35.5 Å². The lowest BCUT2D eigenvalue weighted by molar-refractivity contribution is 0.0920. The van der Waals surface area contributed by atoms with Gasteiger partial charge in [0.05, 0.1) is 11.6 Å². The van der Waals surface area contributed by atoms with E-state index in [1.807, 2.05) is 0 Å². The first-order valence-electron chi connectivity index (χ1n) is 5.85. The third kappa shape index (κ3) is 3.57. The quantitative estimate of drug-likeness (QED) is 0.776. The summed E-state index contributed by atoms with van der Waals surface area (Å²) in [7, 11) is 1.56. The van der Waals surface area contributed by atoms with Gasteiger partial charge in [0.25, 0.3) is 0 Å². The second-order valence-corrected chi connectivity index (χ2v) is 4.87. The normalized spacial score (nSPS) is 10.2. The lowest BCUT2D eigenvalue weighted by atomic mass is 10.1. The van der Waals surface area contributed by atoms with E-state index in [9.17, 15) is 9.18 Å². The van der Waals surface area contributed by atoms with Gasteiger partial charge in [-0.05, 0) is 52.3 Å². The van der Waals surface area contributed by atoms with E-state index in [2.05, 4.69) is 15.9 Å². The van der Waals surface area contributed by atoms with Crippen molar-refractivity contribution in [2.45, 2.75) is 0 Å². The van der Waals surface area contributed by atoms with Gasteiger partial charge in [0.2, 0.25) is 0 Å². The summed E-state index contributed by atoms with van der Waals surface area (Å²) in [6.07, 6.45) is 0. The van der Waals surface area contributed by atoms with Crippen molar-refractivity contribution < 1.29 is 18.7 Å². The van der Waals surface area contributed by atoms with E-state index in [1.54, 1.807) is 31.4 Å². The van der Waals surface area contributed by atoms with Crippen LogP contribution in [0.2, 0.25) is 0 Å². The van der Waals surface area contributed by atoms with Crippen molar-refractivity contribution in [3.05, 3.63) is 58.3 Å². The molecular weight excluding hydrogens is 327 g/mol. The Morgan fingerprint density at radius 1 is 1.20 bits per heavy atom. The number of ether oxygens (including phenoxy) is 2. The zero-order valence-corrected chi connectivity index (χ0v) is 12.3. The summed E-state index contributed by atoms with van der Waals surface area (Å²) >= 11 is 3.24. The third-order valence-electron chi connectivity index (χ3n) is 2.66. The lowest BCUT2D eigenvalue weighted by Crippen LogP contribution is -2.11. The number of methoxy groups -OCH3 is 1. The van der Waals surface area contributed by atoms with Gasteiger partial charge in [-0.25, -0.2) is 4.39 Å². The molecule has 104 valence electrons. The molecule has 0 fully saturated rings. The standard InChI is InChI=1S/C15H12BrFO3/c1-19-12-5-2-10(3-6-12)14(18)9-20-15-8-11(17)4-7-13(15)16/h2-8H,9H2,1H3. The molecule has 2 aromatic rings. The average molecular weight is 339 g/mol. The van der Waals surface area contributed by atoms with Gasteiger partial charge in [-0.2, -0.15) is 0 Å². The maximum absolute atomic E-state index is 13.1. The minimum absolute atomic E-state index is 0.158. The number of rotatable bonds is 5. The molecule has 2 rings (SSSR count). The van der Waals surface area contributed by atoms with Gasteiger partial charge in [0.1, 0.15) is 17.3 Å². The van der Waals surface area contributed by atoms with Crippen LogP contribution in [-0.2, 0) is 0 Å². The Hall–Kier alpha value is -1.88. The number of benzene rings is 2. The number of hydrogen-bond donors (Lipinski definition) is 0. The molecule has 0 radical (unpaired) electrons. The van der Waals surface area contributed by atoms with Crippen LogP contribution in [0.25, 0.3) is 0 Å². The molecule has 0 aliphatic rings. The van der Waals surface area contributed by atoms with Crippen LogP contribution in [0.15, 0.2) is 46.9 Å². The van der Waals surface area contributed by atoms with E-state index in [0.717, 1.165) is 0 Å². The van der Waals surface area contributed by atoms with E-state index in [0.29, 0.717) is 21.5 Å². The van der Waals surface area contributed by atoms with Crippen molar-refractivity contribution in [3.8, 4) is 11.5 Å². The Kier molecular flexibility index (Phi) is 4.74. The predicted octanol–water partition coefficient (Wildman–Crippen LogP) is 3.86. The first-order chi connectivity index (χ1) is 9.60. The smallest absolute Gasteiger partial charge is 0.200 e. The van der Waals surface area contributed by atoms with Crippen LogP contribution in [0.4, 0.5) is 4.39 Å². The summed E-state index contributed by atoms with van der Waals surface area (Å²) in [5.74, 6) is 0.367. The number of hydrogen-bond acceptors (Lipinski definition) is 3. The van der Waals surface area contributed by atoms with Crippen LogP contribution in [0.5, 0.6) is 11.5 Å². The van der Waals surface area contributed by atoms with Crippen LogP contribution in [-0.4, -0.2) is 19.5 Å². The molecule has 0 aromatic heterocycles. The Bertz CT molecular complexity index is 611. The van der Waals surface area contributed by atoms with Crippen molar-refractivity contribution >= 4 is 21.7 Å². The SMILES string of the molecule is COc1ccc(C(=O)COc2cc(F)ccc2Br)cc1. The fourth-order valence-electron chi connectivity index (χ4n) is 1.59. The van der Waals surface area contributed by atoms with E-state index in [4.69, 9.17) is 9.47 Å². The number of halogens is 2.